The summed E-state index contributed by atoms with van der Waals surface area (Å²) in [6, 6.07) is 0. The number of halogens is 1. The molecular weight excluding hydrogens is 204 g/mol. The summed E-state index contributed by atoms with van der Waals surface area (Å²) in [5.41, 5.74) is 0.443. The van der Waals surface area contributed by atoms with Gasteiger partial charge in [0.05, 0.1) is 0 Å². The lowest BCUT2D eigenvalue weighted by Gasteiger charge is -2.24. The molecule has 1 aliphatic rings. The van der Waals surface area contributed by atoms with Gasteiger partial charge >= 0.3 is 0 Å². The average molecular weight is 221 g/mol. The van der Waals surface area contributed by atoms with E-state index in [-0.39, 0.29) is 0 Å². The molecule has 1 nitrogen and oxygen atoms in total. The van der Waals surface area contributed by atoms with Crippen molar-refractivity contribution in [2.45, 2.75) is 26.7 Å². The predicted molar refractivity (Wildman–Crippen MR) is 51.1 cm³/mol. The molecule has 0 bridgehead atoms. The molecule has 0 aromatic carbocycles. The molecule has 0 saturated carbocycles. The second kappa shape index (κ2) is 3.90. The Balaban J connectivity index is 2.28. The van der Waals surface area contributed by atoms with Crippen LogP contribution in [0.2, 0.25) is 0 Å². The normalized spacial score (nSPS) is 25.9. The molecule has 0 radical (unpaired) electrons. The van der Waals surface area contributed by atoms with Gasteiger partial charge in [-0.3, -0.25) is 0 Å². The molecule has 0 spiro atoms. The first-order valence-electron chi connectivity index (χ1n) is 4.28. The van der Waals surface area contributed by atoms with Crippen molar-refractivity contribution in [3.05, 3.63) is 0 Å². The minimum Gasteiger partial charge on any atom is -0.381 e. The van der Waals surface area contributed by atoms with Crippen LogP contribution < -0.4 is 0 Å². The zero-order chi connectivity index (χ0) is 8.32. The van der Waals surface area contributed by atoms with Gasteiger partial charge in [-0.05, 0) is 24.2 Å². The minimum absolute atomic E-state index is 0.443. The van der Waals surface area contributed by atoms with E-state index in [0.29, 0.717) is 5.41 Å². The molecule has 1 rings (SSSR count). The number of hydrogen-bond donors (Lipinski definition) is 0. The third-order valence-electron chi connectivity index (χ3n) is 2.23. The molecule has 0 aromatic rings. The molecule has 1 heterocycles. The summed E-state index contributed by atoms with van der Waals surface area (Å²) < 4.78 is 5.33. The van der Waals surface area contributed by atoms with E-state index in [0.717, 1.165) is 24.5 Å². The second-order valence-corrected chi connectivity index (χ2v) is 4.79. The molecule has 1 aliphatic heterocycles. The van der Waals surface area contributed by atoms with E-state index in [1.807, 2.05) is 0 Å². The van der Waals surface area contributed by atoms with Gasteiger partial charge in [0.1, 0.15) is 0 Å². The van der Waals surface area contributed by atoms with Gasteiger partial charge in [0.25, 0.3) is 0 Å². The van der Waals surface area contributed by atoms with E-state index < -0.39 is 0 Å². The molecule has 1 saturated heterocycles. The van der Waals surface area contributed by atoms with E-state index in [4.69, 9.17) is 4.74 Å². The van der Waals surface area contributed by atoms with Crippen molar-refractivity contribution in [1.29, 1.82) is 0 Å². The Kier molecular flexibility index (Phi) is 3.38. The van der Waals surface area contributed by atoms with Crippen molar-refractivity contribution in [2.24, 2.45) is 11.3 Å². The highest BCUT2D eigenvalue weighted by molar-refractivity contribution is 9.09. The lowest BCUT2D eigenvalue weighted by molar-refractivity contribution is 0.174. The van der Waals surface area contributed by atoms with Gasteiger partial charge in [-0.2, -0.15) is 0 Å². The first-order chi connectivity index (χ1) is 5.14. The van der Waals surface area contributed by atoms with Gasteiger partial charge in [0, 0.05) is 18.5 Å². The number of alkyl halides is 1. The van der Waals surface area contributed by atoms with Crippen LogP contribution in [0.25, 0.3) is 0 Å². The summed E-state index contributed by atoms with van der Waals surface area (Å²) in [4.78, 5) is 0. The highest BCUT2D eigenvalue weighted by Crippen LogP contribution is 2.31. The zero-order valence-electron chi connectivity index (χ0n) is 7.40. The van der Waals surface area contributed by atoms with Crippen LogP contribution in [0.5, 0.6) is 0 Å². The van der Waals surface area contributed by atoms with Crippen LogP contribution in [0.1, 0.15) is 26.7 Å². The number of ether oxygens (including phenoxy) is 1. The minimum atomic E-state index is 0.443. The Morgan fingerprint density at radius 1 is 1.55 bits per heavy atom. The molecule has 66 valence electrons. The van der Waals surface area contributed by atoms with E-state index in [1.54, 1.807) is 0 Å². The van der Waals surface area contributed by atoms with Crippen molar-refractivity contribution in [3.63, 3.8) is 0 Å². The van der Waals surface area contributed by atoms with Crippen LogP contribution in [-0.4, -0.2) is 18.5 Å². The van der Waals surface area contributed by atoms with Gasteiger partial charge < -0.3 is 4.74 Å². The summed E-state index contributed by atoms with van der Waals surface area (Å²) in [5, 5.41) is 1.09. The second-order valence-electron chi connectivity index (χ2n) is 4.23. The van der Waals surface area contributed by atoms with Crippen LogP contribution in [0.3, 0.4) is 0 Å². The fourth-order valence-electron chi connectivity index (χ4n) is 1.58. The smallest absolute Gasteiger partial charge is 0.0495 e. The molecule has 11 heavy (non-hydrogen) atoms. The molecule has 1 fully saturated rings. The summed E-state index contributed by atoms with van der Waals surface area (Å²) in [5.74, 6) is 0.808. The van der Waals surface area contributed by atoms with Crippen LogP contribution in [0.4, 0.5) is 0 Å². The summed E-state index contributed by atoms with van der Waals surface area (Å²) in [6.07, 6.45) is 2.55. The fraction of sp³-hybridized carbons (Fsp3) is 1.00. The quantitative estimate of drug-likeness (QED) is 0.666. The summed E-state index contributed by atoms with van der Waals surface area (Å²) in [6.45, 7) is 6.57. The van der Waals surface area contributed by atoms with Gasteiger partial charge in [0.2, 0.25) is 0 Å². The van der Waals surface area contributed by atoms with E-state index in [2.05, 4.69) is 29.8 Å². The van der Waals surface area contributed by atoms with Crippen molar-refractivity contribution in [1.82, 2.24) is 0 Å². The summed E-state index contributed by atoms with van der Waals surface area (Å²) >= 11 is 3.54. The molecule has 2 heteroatoms. The Morgan fingerprint density at radius 2 is 2.27 bits per heavy atom. The Bertz CT molecular complexity index is 117. The average Bonchev–Trinajstić information content (AvgIpc) is 2.39. The monoisotopic (exact) mass is 220 g/mol. The van der Waals surface area contributed by atoms with Crippen LogP contribution >= 0.6 is 15.9 Å². The Hall–Kier alpha value is 0.440. The van der Waals surface area contributed by atoms with Gasteiger partial charge in [-0.1, -0.05) is 29.8 Å². The Labute approximate surface area is 77.6 Å². The number of rotatable bonds is 3. The first-order valence-corrected chi connectivity index (χ1v) is 5.40. The van der Waals surface area contributed by atoms with E-state index in [1.165, 1.54) is 12.8 Å². The lowest BCUT2D eigenvalue weighted by atomic mass is 9.84. The molecule has 0 aromatic heterocycles. The largest absolute Gasteiger partial charge is 0.381 e. The molecule has 0 amide bonds. The van der Waals surface area contributed by atoms with Crippen molar-refractivity contribution < 1.29 is 4.74 Å². The fourth-order valence-corrected chi connectivity index (χ4v) is 1.81. The first kappa shape index (κ1) is 9.53. The zero-order valence-corrected chi connectivity index (χ0v) is 8.99. The topological polar surface area (TPSA) is 9.23 Å². The maximum Gasteiger partial charge on any atom is 0.0495 e. The maximum absolute atomic E-state index is 5.33. The van der Waals surface area contributed by atoms with Crippen LogP contribution in [0.15, 0.2) is 0 Å². The maximum atomic E-state index is 5.33. The molecule has 0 aliphatic carbocycles. The standard InChI is InChI=1S/C9H17BrO/c1-9(2,7-10)5-8-3-4-11-6-8/h8H,3-7H2,1-2H3/t8-/m1/s1. The van der Waals surface area contributed by atoms with Crippen LogP contribution in [-0.2, 0) is 4.74 Å². The van der Waals surface area contributed by atoms with E-state index >= 15 is 0 Å². The van der Waals surface area contributed by atoms with E-state index in [9.17, 15) is 0 Å². The van der Waals surface area contributed by atoms with Crippen LogP contribution in [0, 0.1) is 11.3 Å². The molecule has 1 atom stereocenters. The summed E-state index contributed by atoms with van der Waals surface area (Å²) in [7, 11) is 0. The highest BCUT2D eigenvalue weighted by atomic mass is 79.9. The van der Waals surface area contributed by atoms with Gasteiger partial charge in [-0.25, -0.2) is 0 Å². The third-order valence-corrected chi connectivity index (χ3v) is 3.74. The highest BCUT2D eigenvalue weighted by Gasteiger charge is 2.24. The Morgan fingerprint density at radius 3 is 2.73 bits per heavy atom. The lowest BCUT2D eigenvalue weighted by Crippen LogP contribution is -2.18. The predicted octanol–water partition coefficient (Wildman–Crippen LogP) is 2.83. The van der Waals surface area contributed by atoms with Crippen molar-refractivity contribution in [3.8, 4) is 0 Å². The molecular formula is C9H17BrO. The SMILES string of the molecule is CC(C)(CBr)C[C@H]1CCOC1. The molecule has 0 N–H and O–H groups in total. The van der Waals surface area contributed by atoms with Gasteiger partial charge in [-0.15, -0.1) is 0 Å². The molecule has 0 unspecified atom stereocenters. The van der Waals surface area contributed by atoms with Gasteiger partial charge in [0.15, 0.2) is 0 Å². The van der Waals surface area contributed by atoms with Crippen molar-refractivity contribution in [2.75, 3.05) is 18.5 Å². The number of hydrogen-bond acceptors (Lipinski definition) is 1. The van der Waals surface area contributed by atoms with Crippen molar-refractivity contribution >= 4 is 15.9 Å². The third kappa shape index (κ3) is 3.12.